The average molecular weight is 369 g/mol. The summed E-state index contributed by atoms with van der Waals surface area (Å²) in [6.45, 7) is 10.0. The van der Waals surface area contributed by atoms with Crippen LogP contribution in [0.5, 0.6) is 11.5 Å². The van der Waals surface area contributed by atoms with E-state index in [1.54, 1.807) is 6.07 Å². The monoisotopic (exact) mass is 369 g/mol. The van der Waals surface area contributed by atoms with Gasteiger partial charge in [-0.05, 0) is 44.9 Å². The molecule has 0 bridgehead atoms. The average Bonchev–Trinajstić information content (AvgIpc) is 2.58. The van der Waals surface area contributed by atoms with Crippen LogP contribution in [0.2, 0.25) is 0 Å². The van der Waals surface area contributed by atoms with Crippen molar-refractivity contribution in [2.45, 2.75) is 65.3 Å². The lowest BCUT2D eigenvalue weighted by Crippen LogP contribution is -2.34. The molecule has 1 aromatic heterocycles. The SMILES string of the molecule is CCCc1cc(=O)[nH]c2c3c(c4c(c12)OC(C)(C)C=C4)O[C@H](C)[C@H](C)[C@H]3O. The Morgan fingerprint density at radius 3 is 2.70 bits per heavy atom. The van der Waals surface area contributed by atoms with E-state index in [1.165, 1.54) is 0 Å². The Kier molecular flexibility index (Phi) is 4.11. The van der Waals surface area contributed by atoms with Crippen molar-refractivity contribution in [3.8, 4) is 11.5 Å². The topological polar surface area (TPSA) is 71.6 Å². The lowest BCUT2D eigenvalue weighted by atomic mass is 9.84. The highest BCUT2D eigenvalue weighted by Crippen LogP contribution is 2.51. The van der Waals surface area contributed by atoms with Crippen molar-refractivity contribution in [1.29, 1.82) is 0 Å². The van der Waals surface area contributed by atoms with E-state index in [1.807, 2.05) is 39.8 Å². The molecular weight excluding hydrogens is 342 g/mol. The van der Waals surface area contributed by atoms with Gasteiger partial charge in [0.05, 0.1) is 17.2 Å². The fraction of sp³-hybridized carbons (Fsp3) is 0.500. The second-order valence-corrected chi connectivity index (χ2v) is 8.31. The first-order valence-electron chi connectivity index (χ1n) is 9.72. The summed E-state index contributed by atoms with van der Waals surface area (Å²) in [5, 5.41) is 11.9. The van der Waals surface area contributed by atoms with Gasteiger partial charge in [-0.2, -0.15) is 0 Å². The molecule has 1 aromatic carbocycles. The molecule has 5 heteroatoms. The van der Waals surface area contributed by atoms with Gasteiger partial charge >= 0.3 is 0 Å². The quantitative estimate of drug-likeness (QED) is 0.835. The summed E-state index contributed by atoms with van der Waals surface area (Å²) in [6, 6.07) is 1.65. The molecule has 0 unspecified atom stereocenters. The molecule has 0 amide bonds. The van der Waals surface area contributed by atoms with E-state index in [0.29, 0.717) is 16.8 Å². The molecule has 0 spiro atoms. The minimum atomic E-state index is -0.715. The van der Waals surface area contributed by atoms with E-state index in [0.717, 1.165) is 35.1 Å². The largest absolute Gasteiger partial charge is 0.489 e. The van der Waals surface area contributed by atoms with Gasteiger partial charge in [0.1, 0.15) is 23.2 Å². The molecule has 2 aliphatic rings. The minimum Gasteiger partial charge on any atom is -0.489 e. The Hall–Kier alpha value is -2.27. The van der Waals surface area contributed by atoms with Crippen LogP contribution in [-0.4, -0.2) is 21.8 Å². The molecule has 3 atom stereocenters. The van der Waals surface area contributed by atoms with Gasteiger partial charge in [0, 0.05) is 22.9 Å². The van der Waals surface area contributed by atoms with Crippen LogP contribution in [0.4, 0.5) is 0 Å². The van der Waals surface area contributed by atoms with Crippen LogP contribution >= 0.6 is 0 Å². The van der Waals surface area contributed by atoms with Crippen molar-refractivity contribution < 1.29 is 14.6 Å². The molecule has 4 rings (SSSR count). The Morgan fingerprint density at radius 1 is 1.26 bits per heavy atom. The number of aliphatic hydroxyl groups is 1. The molecule has 2 aromatic rings. The number of aromatic amines is 1. The summed E-state index contributed by atoms with van der Waals surface area (Å²) >= 11 is 0. The number of aliphatic hydroxyl groups excluding tert-OH is 1. The molecule has 5 nitrogen and oxygen atoms in total. The second kappa shape index (κ2) is 6.13. The number of fused-ring (bicyclic) bond motifs is 6. The lowest BCUT2D eigenvalue weighted by molar-refractivity contribution is 0.0180. The smallest absolute Gasteiger partial charge is 0.248 e. The van der Waals surface area contributed by atoms with E-state index in [-0.39, 0.29) is 17.6 Å². The second-order valence-electron chi connectivity index (χ2n) is 8.31. The molecule has 0 radical (unpaired) electrons. The van der Waals surface area contributed by atoms with E-state index in [9.17, 15) is 9.90 Å². The number of aryl methyl sites for hydroxylation is 1. The maximum absolute atomic E-state index is 12.4. The number of ether oxygens (including phenoxy) is 2. The number of pyridine rings is 1. The molecule has 144 valence electrons. The van der Waals surface area contributed by atoms with Gasteiger partial charge in [0.2, 0.25) is 5.56 Å². The highest BCUT2D eigenvalue weighted by atomic mass is 16.5. The molecule has 27 heavy (non-hydrogen) atoms. The zero-order chi connectivity index (χ0) is 19.5. The van der Waals surface area contributed by atoms with Crippen molar-refractivity contribution in [3.63, 3.8) is 0 Å². The molecule has 0 fully saturated rings. The van der Waals surface area contributed by atoms with Crippen molar-refractivity contribution in [2.24, 2.45) is 5.92 Å². The third kappa shape index (κ3) is 2.76. The lowest BCUT2D eigenvalue weighted by Gasteiger charge is -2.38. The van der Waals surface area contributed by atoms with Crippen LogP contribution in [0.1, 0.15) is 63.8 Å². The highest BCUT2D eigenvalue weighted by molar-refractivity contribution is 5.98. The van der Waals surface area contributed by atoms with Gasteiger partial charge in [-0.3, -0.25) is 4.79 Å². The molecular formula is C22H27NO4. The summed E-state index contributed by atoms with van der Waals surface area (Å²) in [6.07, 6.45) is 4.85. The highest BCUT2D eigenvalue weighted by Gasteiger charge is 2.38. The van der Waals surface area contributed by atoms with Crippen molar-refractivity contribution >= 4 is 17.0 Å². The molecule has 0 saturated heterocycles. The normalized spacial score (nSPS) is 25.5. The minimum absolute atomic E-state index is 0.0815. The summed E-state index contributed by atoms with van der Waals surface area (Å²) in [5.41, 5.74) is 2.46. The Balaban J connectivity index is 2.17. The molecule has 3 heterocycles. The zero-order valence-corrected chi connectivity index (χ0v) is 16.6. The first-order chi connectivity index (χ1) is 12.7. The van der Waals surface area contributed by atoms with Gasteiger partial charge in [-0.15, -0.1) is 0 Å². The number of hydrogen-bond acceptors (Lipinski definition) is 4. The molecule has 2 aliphatic heterocycles. The number of H-pyrrole nitrogens is 1. The number of benzene rings is 1. The zero-order valence-electron chi connectivity index (χ0n) is 16.6. The van der Waals surface area contributed by atoms with Crippen LogP contribution in [0, 0.1) is 5.92 Å². The van der Waals surface area contributed by atoms with Crippen LogP contribution < -0.4 is 15.0 Å². The van der Waals surface area contributed by atoms with E-state index >= 15 is 0 Å². The summed E-state index contributed by atoms with van der Waals surface area (Å²) in [4.78, 5) is 15.3. The molecule has 2 N–H and O–H groups in total. The number of rotatable bonds is 2. The van der Waals surface area contributed by atoms with E-state index in [4.69, 9.17) is 9.47 Å². The summed E-state index contributed by atoms with van der Waals surface area (Å²) < 4.78 is 12.6. The van der Waals surface area contributed by atoms with Crippen LogP contribution in [-0.2, 0) is 6.42 Å². The van der Waals surface area contributed by atoms with E-state index < -0.39 is 11.7 Å². The van der Waals surface area contributed by atoms with Crippen LogP contribution in [0.15, 0.2) is 16.9 Å². The van der Waals surface area contributed by atoms with E-state index in [2.05, 4.69) is 11.9 Å². The van der Waals surface area contributed by atoms with Crippen molar-refractivity contribution in [2.75, 3.05) is 0 Å². The first-order valence-corrected chi connectivity index (χ1v) is 9.72. The predicted molar refractivity (Wildman–Crippen MR) is 107 cm³/mol. The van der Waals surface area contributed by atoms with Crippen molar-refractivity contribution in [3.05, 3.63) is 39.2 Å². The fourth-order valence-corrected chi connectivity index (χ4v) is 4.10. The Bertz CT molecular complexity index is 1000. The Labute approximate surface area is 159 Å². The standard InChI is InChI=1S/C22H27NO4/c1-6-7-13-10-15(24)23-18-16(13)21-14(8-9-22(4,5)27-21)20-17(18)19(25)11(2)12(3)26-20/h8-12,19,25H,6-7H2,1-5H3,(H,23,24)/t11-,12+,19+/m0/s1. The number of nitrogens with one attached hydrogen (secondary N) is 1. The predicted octanol–water partition coefficient (Wildman–Crippen LogP) is 4.12. The summed E-state index contributed by atoms with van der Waals surface area (Å²) in [5.74, 6) is 1.26. The first kappa shape index (κ1) is 18.1. The molecule has 0 saturated carbocycles. The maximum Gasteiger partial charge on any atom is 0.248 e. The van der Waals surface area contributed by atoms with Gasteiger partial charge < -0.3 is 19.6 Å². The number of aromatic nitrogens is 1. The van der Waals surface area contributed by atoms with Gasteiger partial charge in [-0.25, -0.2) is 0 Å². The third-order valence-corrected chi connectivity index (χ3v) is 5.73. The van der Waals surface area contributed by atoms with Crippen molar-refractivity contribution in [1.82, 2.24) is 4.98 Å². The van der Waals surface area contributed by atoms with Crippen LogP contribution in [0.25, 0.3) is 17.0 Å². The molecule has 0 aliphatic carbocycles. The number of hydrogen-bond donors (Lipinski definition) is 2. The summed E-state index contributed by atoms with van der Waals surface area (Å²) in [7, 11) is 0. The fourth-order valence-electron chi connectivity index (χ4n) is 4.10. The third-order valence-electron chi connectivity index (χ3n) is 5.73. The maximum atomic E-state index is 12.4. The van der Waals surface area contributed by atoms with Gasteiger partial charge in [-0.1, -0.05) is 20.3 Å². The Morgan fingerprint density at radius 2 is 2.00 bits per heavy atom. The van der Waals surface area contributed by atoms with Crippen LogP contribution in [0.3, 0.4) is 0 Å². The van der Waals surface area contributed by atoms with Gasteiger partial charge in [0.15, 0.2) is 0 Å². The van der Waals surface area contributed by atoms with Gasteiger partial charge in [0.25, 0.3) is 0 Å².